The van der Waals surface area contributed by atoms with Gasteiger partial charge in [-0.1, -0.05) is 19.3 Å². The van der Waals surface area contributed by atoms with Crippen LogP contribution in [0.2, 0.25) is 0 Å². The maximum absolute atomic E-state index is 12.4. The van der Waals surface area contributed by atoms with Crippen molar-refractivity contribution in [1.82, 2.24) is 14.7 Å². The van der Waals surface area contributed by atoms with Gasteiger partial charge < -0.3 is 14.4 Å². The molecule has 1 aliphatic heterocycles. The highest BCUT2D eigenvalue weighted by Gasteiger charge is 2.21. The predicted molar refractivity (Wildman–Crippen MR) is 91.0 cm³/mol. The summed E-state index contributed by atoms with van der Waals surface area (Å²) in [6.07, 6.45) is 8.16. The van der Waals surface area contributed by atoms with E-state index in [4.69, 9.17) is 9.47 Å². The predicted octanol–water partition coefficient (Wildman–Crippen LogP) is 2.34. The van der Waals surface area contributed by atoms with Gasteiger partial charge in [-0.15, -0.1) is 0 Å². The Kier molecular flexibility index (Phi) is 6.09. The number of aromatic nitrogens is 2. The van der Waals surface area contributed by atoms with E-state index >= 15 is 0 Å². The molecule has 0 aromatic carbocycles. The van der Waals surface area contributed by atoms with Gasteiger partial charge in [-0.2, -0.15) is 5.10 Å². The normalized spacial score (nSPS) is 22.3. The van der Waals surface area contributed by atoms with Crippen LogP contribution in [0.15, 0.2) is 12.3 Å². The lowest BCUT2D eigenvalue weighted by molar-refractivity contribution is -0.0925. The third-order valence-electron chi connectivity index (χ3n) is 4.82. The monoisotopic (exact) mass is 336 g/mol. The molecule has 7 heteroatoms. The first kappa shape index (κ1) is 17.2. The fourth-order valence-electron chi connectivity index (χ4n) is 3.43. The van der Waals surface area contributed by atoms with Crippen LogP contribution in [0.3, 0.4) is 0 Å². The van der Waals surface area contributed by atoms with Crippen molar-refractivity contribution in [3.05, 3.63) is 12.3 Å². The molecule has 0 radical (unpaired) electrons. The van der Waals surface area contributed by atoms with Gasteiger partial charge in [0.2, 0.25) is 0 Å². The number of carbonyl (C=O) groups is 1. The molecular weight excluding hydrogens is 308 g/mol. The molecule has 134 valence electrons. The standard InChI is InChI=1S/C17H28N4O3/c1-20(12-15-13-23-9-10-24-15)17(22)19-16-7-8-18-21(16)11-14-5-3-2-4-6-14/h7-8,14-15H,2-6,9-13H2,1H3,(H,19,22). The largest absolute Gasteiger partial charge is 0.376 e. The minimum Gasteiger partial charge on any atom is -0.376 e. The summed E-state index contributed by atoms with van der Waals surface area (Å²) in [5.41, 5.74) is 0. The lowest BCUT2D eigenvalue weighted by Crippen LogP contribution is -2.42. The third-order valence-corrected chi connectivity index (χ3v) is 4.82. The van der Waals surface area contributed by atoms with Crippen LogP contribution in [0.1, 0.15) is 32.1 Å². The van der Waals surface area contributed by atoms with Crippen molar-refractivity contribution in [2.24, 2.45) is 5.92 Å². The smallest absolute Gasteiger partial charge is 0.322 e. The number of rotatable bonds is 5. The molecule has 2 fully saturated rings. The van der Waals surface area contributed by atoms with Crippen molar-refractivity contribution < 1.29 is 14.3 Å². The highest BCUT2D eigenvalue weighted by Crippen LogP contribution is 2.25. The maximum atomic E-state index is 12.4. The Morgan fingerprint density at radius 3 is 2.96 bits per heavy atom. The summed E-state index contributed by atoms with van der Waals surface area (Å²) in [6.45, 7) is 3.16. The quantitative estimate of drug-likeness (QED) is 0.896. The van der Waals surface area contributed by atoms with Gasteiger partial charge in [0.25, 0.3) is 0 Å². The van der Waals surface area contributed by atoms with Crippen LogP contribution in [0.5, 0.6) is 0 Å². The van der Waals surface area contributed by atoms with E-state index in [9.17, 15) is 4.79 Å². The molecule has 24 heavy (non-hydrogen) atoms. The van der Waals surface area contributed by atoms with Crippen molar-refractivity contribution in [3.8, 4) is 0 Å². The molecule has 1 saturated heterocycles. The van der Waals surface area contributed by atoms with Crippen molar-refractivity contribution in [2.75, 3.05) is 38.7 Å². The van der Waals surface area contributed by atoms with Crippen molar-refractivity contribution >= 4 is 11.8 Å². The van der Waals surface area contributed by atoms with E-state index in [-0.39, 0.29) is 12.1 Å². The number of ether oxygens (including phenoxy) is 2. The van der Waals surface area contributed by atoms with E-state index in [0.717, 1.165) is 12.4 Å². The molecule has 1 aromatic rings. The number of likely N-dealkylation sites (N-methyl/N-ethyl adjacent to an activating group) is 1. The van der Waals surface area contributed by atoms with Crippen molar-refractivity contribution in [2.45, 2.75) is 44.8 Å². The number of hydrogen-bond donors (Lipinski definition) is 1. The lowest BCUT2D eigenvalue weighted by atomic mass is 9.89. The fourth-order valence-corrected chi connectivity index (χ4v) is 3.43. The highest BCUT2D eigenvalue weighted by atomic mass is 16.6. The lowest BCUT2D eigenvalue weighted by Gasteiger charge is -2.27. The molecule has 1 saturated carbocycles. The van der Waals surface area contributed by atoms with Crippen LogP contribution in [-0.2, 0) is 16.0 Å². The first-order valence-corrected chi connectivity index (χ1v) is 8.95. The summed E-state index contributed by atoms with van der Waals surface area (Å²) >= 11 is 0. The van der Waals surface area contributed by atoms with Gasteiger partial charge >= 0.3 is 6.03 Å². The van der Waals surface area contributed by atoms with Crippen LogP contribution in [0, 0.1) is 5.92 Å². The Bertz CT molecular complexity index is 522. The molecule has 1 N–H and O–H groups in total. The molecule has 2 heterocycles. The molecule has 1 atom stereocenters. The van der Waals surface area contributed by atoms with Gasteiger partial charge in [0.15, 0.2) is 0 Å². The minimum atomic E-state index is -0.144. The van der Waals surface area contributed by atoms with E-state index < -0.39 is 0 Å². The molecule has 1 unspecified atom stereocenters. The Morgan fingerprint density at radius 1 is 1.38 bits per heavy atom. The first-order chi connectivity index (χ1) is 11.7. The number of hydrogen-bond acceptors (Lipinski definition) is 4. The number of carbonyl (C=O) groups excluding carboxylic acids is 1. The SMILES string of the molecule is CN(CC1COCCO1)C(=O)Nc1ccnn1CC1CCCCC1. The van der Waals surface area contributed by atoms with Gasteiger partial charge in [-0.05, 0) is 18.8 Å². The summed E-state index contributed by atoms with van der Waals surface area (Å²) in [5, 5.41) is 7.34. The van der Waals surface area contributed by atoms with Crippen LogP contribution < -0.4 is 5.32 Å². The van der Waals surface area contributed by atoms with Crippen molar-refractivity contribution in [1.29, 1.82) is 0 Å². The van der Waals surface area contributed by atoms with Crippen LogP contribution >= 0.6 is 0 Å². The second kappa shape index (κ2) is 8.48. The topological polar surface area (TPSA) is 68.6 Å². The molecule has 2 amide bonds. The van der Waals surface area contributed by atoms with Gasteiger partial charge in [-0.3, -0.25) is 5.32 Å². The molecule has 0 spiro atoms. The Hall–Kier alpha value is -1.60. The summed E-state index contributed by atoms with van der Waals surface area (Å²) < 4.78 is 12.9. The van der Waals surface area contributed by atoms with E-state index in [1.165, 1.54) is 32.1 Å². The average molecular weight is 336 g/mol. The summed E-state index contributed by atoms with van der Waals surface area (Å²) in [5.74, 6) is 1.43. The van der Waals surface area contributed by atoms with E-state index in [1.807, 2.05) is 10.7 Å². The van der Waals surface area contributed by atoms with Crippen molar-refractivity contribution in [3.63, 3.8) is 0 Å². The number of nitrogens with zero attached hydrogens (tertiary/aromatic N) is 3. The molecule has 7 nitrogen and oxygen atoms in total. The minimum absolute atomic E-state index is 0.0540. The van der Waals surface area contributed by atoms with E-state index in [1.54, 1.807) is 18.1 Å². The van der Waals surface area contributed by atoms with Crippen LogP contribution in [0.25, 0.3) is 0 Å². The second-order valence-corrected chi connectivity index (χ2v) is 6.78. The van der Waals surface area contributed by atoms with Crippen LogP contribution in [0.4, 0.5) is 10.6 Å². The third kappa shape index (κ3) is 4.70. The Labute approximate surface area is 143 Å². The Balaban J connectivity index is 1.51. The second-order valence-electron chi connectivity index (χ2n) is 6.78. The molecule has 0 bridgehead atoms. The molecule has 2 aliphatic rings. The van der Waals surface area contributed by atoms with Gasteiger partial charge in [-0.25, -0.2) is 9.48 Å². The molecule has 3 rings (SSSR count). The summed E-state index contributed by atoms with van der Waals surface area (Å²) in [6, 6.07) is 1.71. The average Bonchev–Trinajstić information content (AvgIpc) is 3.03. The molecule has 1 aromatic heterocycles. The fraction of sp³-hybridized carbons (Fsp3) is 0.765. The van der Waals surface area contributed by atoms with Gasteiger partial charge in [0.1, 0.15) is 5.82 Å². The van der Waals surface area contributed by atoms with E-state index in [2.05, 4.69) is 10.4 Å². The zero-order chi connectivity index (χ0) is 16.8. The highest BCUT2D eigenvalue weighted by molar-refractivity contribution is 5.88. The summed E-state index contributed by atoms with van der Waals surface area (Å²) in [7, 11) is 1.77. The Morgan fingerprint density at radius 2 is 2.21 bits per heavy atom. The van der Waals surface area contributed by atoms with Crippen LogP contribution in [-0.4, -0.2) is 60.2 Å². The number of amides is 2. The van der Waals surface area contributed by atoms with Gasteiger partial charge in [0.05, 0.1) is 38.7 Å². The maximum Gasteiger partial charge on any atom is 0.322 e. The zero-order valence-corrected chi connectivity index (χ0v) is 14.4. The number of anilines is 1. The summed E-state index contributed by atoms with van der Waals surface area (Å²) in [4.78, 5) is 14.0. The zero-order valence-electron chi connectivity index (χ0n) is 14.4. The number of nitrogens with one attached hydrogen (secondary N) is 1. The van der Waals surface area contributed by atoms with Gasteiger partial charge in [0, 0.05) is 19.7 Å². The molecular formula is C17H28N4O3. The number of urea groups is 1. The first-order valence-electron chi connectivity index (χ1n) is 8.95. The molecule has 1 aliphatic carbocycles. The van der Waals surface area contributed by atoms with E-state index in [0.29, 0.717) is 32.3 Å².